The summed E-state index contributed by atoms with van der Waals surface area (Å²) < 4.78 is 18.8. The lowest BCUT2D eigenvalue weighted by Crippen LogP contribution is -2.53. The number of ether oxygens (including phenoxy) is 3. The number of hydrogen-bond acceptors (Lipinski definition) is 5. The van der Waals surface area contributed by atoms with Crippen molar-refractivity contribution in [3.8, 4) is 11.5 Å². The average Bonchev–Trinajstić information content (AvgIpc) is 2.90. The van der Waals surface area contributed by atoms with Gasteiger partial charge in [0.25, 0.3) is 0 Å². The molecule has 188 valence electrons. The van der Waals surface area contributed by atoms with Crippen molar-refractivity contribution in [1.82, 2.24) is 0 Å². The zero-order valence-electron chi connectivity index (χ0n) is 20.9. The fourth-order valence-corrected chi connectivity index (χ4v) is 4.88. The van der Waals surface area contributed by atoms with Gasteiger partial charge in [0.1, 0.15) is 37.7 Å². The van der Waals surface area contributed by atoms with Crippen molar-refractivity contribution < 1.29 is 28.6 Å². The van der Waals surface area contributed by atoms with Crippen LogP contribution in [0.1, 0.15) is 11.1 Å². The molecule has 1 saturated heterocycles. The summed E-state index contributed by atoms with van der Waals surface area (Å²) >= 11 is 0. The predicted molar refractivity (Wildman–Crippen MR) is 140 cm³/mol. The largest absolute Gasteiger partial charge is 0.554 e. The van der Waals surface area contributed by atoms with E-state index in [1.54, 1.807) is 7.11 Å². The second-order valence-electron chi connectivity index (χ2n) is 9.26. The smallest absolute Gasteiger partial charge is 0.137 e. The van der Waals surface area contributed by atoms with Crippen LogP contribution in [0.5, 0.6) is 11.5 Å². The van der Waals surface area contributed by atoms with E-state index in [9.17, 15) is 0 Å². The molecule has 4 aromatic rings. The molecule has 0 amide bonds. The standard InChI is InChI=1S/C29H32NO3.CH2O2/c1-30(15-18-32-19-16-30)17-20-33-29-14-12-23-8-4-6-10-25(23)27(29)21-26-24-9-5-3-7-22(24)11-13-28(26)31-2;2-1-3/h3-14H,15-21H2,1-2H3;1H,(H,2,3)/q+1;/p-1. The summed E-state index contributed by atoms with van der Waals surface area (Å²) in [6.45, 7) is 4.92. The molecule has 0 saturated carbocycles. The summed E-state index contributed by atoms with van der Waals surface area (Å²) in [5.74, 6) is 1.88. The molecule has 0 aromatic heterocycles. The summed E-state index contributed by atoms with van der Waals surface area (Å²) in [6.07, 6.45) is 0.751. The highest BCUT2D eigenvalue weighted by Gasteiger charge is 2.25. The Bertz CT molecular complexity index is 1310. The minimum absolute atomic E-state index is 0.500. The van der Waals surface area contributed by atoms with Gasteiger partial charge in [-0.15, -0.1) is 0 Å². The topological polar surface area (TPSA) is 67.8 Å². The maximum Gasteiger partial charge on any atom is 0.137 e. The Hall–Kier alpha value is -3.61. The highest BCUT2D eigenvalue weighted by atomic mass is 16.5. The highest BCUT2D eigenvalue weighted by Crippen LogP contribution is 2.36. The first-order valence-corrected chi connectivity index (χ1v) is 12.2. The molecule has 1 heterocycles. The van der Waals surface area contributed by atoms with Crippen LogP contribution in [0.25, 0.3) is 21.5 Å². The SMILES string of the molecule is COc1ccc2ccccc2c1Cc1c(OCC[N+]2(C)CCOCC2)ccc2ccccc12.O=C[O-]. The molecule has 0 aliphatic carbocycles. The number of quaternary nitrogens is 1. The maximum absolute atomic E-state index is 8.25. The number of carbonyl (C=O) groups excluding carboxylic acids is 1. The average molecular weight is 488 g/mol. The number of benzene rings is 4. The first-order valence-electron chi connectivity index (χ1n) is 12.2. The summed E-state index contributed by atoms with van der Waals surface area (Å²) in [5.41, 5.74) is 2.41. The fraction of sp³-hybridized carbons (Fsp3) is 0.300. The minimum Gasteiger partial charge on any atom is -0.554 e. The number of carbonyl (C=O) groups is 1. The molecule has 1 aliphatic rings. The fourth-order valence-electron chi connectivity index (χ4n) is 4.88. The number of likely N-dealkylation sites (N-methyl/N-ethyl adjacent to an activating group) is 1. The molecule has 0 unspecified atom stereocenters. The van der Waals surface area contributed by atoms with Gasteiger partial charge in [0.2, 0.25) is 0 Å². The number of hydrogen-bond donors (Lipinski definition) is 0. The zero-order valence-corrected chi connectivity index (χ0v) is 20.9. The Kier molecular flexibility index (Phi) is 8.41. The van der Waals surface area contributed by atoms with Gasteiger partial charge in [-0.25, -0.2) is 0 Å². The molecule has 36 heavy (non-hydrogen) atoms. The number of morpholine rings is 1. The molecular weight excluding hydrogens is 454 g/mol. The van der Waals surface area contributed by atoms with E-state index in [2.05, 4.69) is 79.8 Å². The van der Waals surface area contributed by atoms with Crippen molar-refractivity contribution in [1.29, 1.82) is 0 Å². The molecule has 0 spiro atoms. The van der Waals surface area contributed by atoms with Gasteiger partial charge >= 0.3 is 0 Å². The van der Waals surface area contributed by atoms with Crippen LogP contribution in [0.2, 0.25) is 0 Å². The Morgan fingerprint density at radius 2 is 1.39 bits per heavy atom. The normalized spacial score (nSPS) is 14.6. The van der Waals surface area contributed by atoms with E-state index in [1.807, 2.05) is 0 Å². The van der Waals surface area contributed by atoms with E-state index in [0.717, 1.165) is 55.3 Å². The van der Waals surface area contributed by atoms with Gasteiger partial charge in [-0.2, -0.15) is 0 Å². The van der Waals surface area contributed by atoms with E-state index in [1.165, 1.54) is 32.7 Å². The molecule has 4 aromatic carbocycles. The molecule has 5 rings (SSSR count). The minimum atomic E-state index is -0.500. The van der Waals surface area contributed by atoms with Gasteiger partial charge < -0.3 is 28.6 Å². The Morgan fingerprint density at radius 1 is 0.861 bits per heavy atom. The monoisotopic (exact) mass is 487 g/mol. The first kappa shape index (κ1) is 25.5. The number of fused-ring (bicyclic) bond motifs is 2. The summed E-state index contributed by atoms with van der Waals surface area (Å²) in [4.78, 5) is 8.25. The molecule has 0 N–H and O–H groups in total. The third-order valence-electron chi connectivity index (χ3n) is 7.01. The van der Waals surface area contributed by atoms with Crippen molar-refractivity contribution in [3.05, 3.63) is 83.9 Å². The van der Waals surface area contributed by atoms with Crippen molar-refractivity contribution in [2.75, 3.05) is 53.6 Å². The molecule has 1 fully saturated rings. The van der Waals surface area contributed by atoms with Gasteiger partial charge in [-0.05, 0) is 33.7 Å². The quantitative estimate of drug-likeness (QED) is 0.293. The number of methoxy groups -OCH3 is 1. The molecule has 0 bridgehead atoms. The second kappa shape index (κ2) is 11.9. The van der Waals surface area contributed by atoms with E-state index in [0.29, 0.717) is 6.61 Å². The van der Waals surface area contributed by atoms with Crippen LogP contribution in [0.15, 0.2) is 72.8 Å². The second-order valence-corrected chi connectivity index (χ2v) is 9.26. The van der Waals surface area contributed by atoms with Crippen molar-refractivity contribution >= 4 is 28.0 Å². The summed E-state index contributed by atoms with van der Waals surface area (Å²) in [5, 5.41) is 13.2. The Morgan fingerprint density at radius 3 is 1.97 bits per heavy atom. The lowest BCUT2D eigenvalue weighted by Gasteiger charge is -2.37. The first-order chi connectivity index (χ1) is 17.6. The van der Waals surface area contributed by atoms with Gasteiger partial charge in [-0.3, -0.25) is 0 Å². The van der Waals surface area contributed by atoms with E-state index in [4.69, 9.17) is 24.1 Å². The van der Waals surface area contributed by atoms with Crippen LogP contribution >= 0.6 is 0 Å². The van der Waals surface area contributed by atoms with Gasteiger partial charge in [0.15, 0.2) is 0 Å². The van der Waals surface area contributed by atoms with E-state index < -0.39 is 6.47 Å². The van der Waals surface area contributed by atoms with Crippen molar-refractivity contribution in [2.24, 2.45) is 0 Å². The van der Waals surface area contributed by atoms with Crippen molar-refractivity contribution in [3.63, 3.8) is 0 Å². The number of rotatable bonds is 7. The molecule has 0 atom stereocenters. The number of carboxylic acid groups (broad SMARTS) is 1. The van der Waals surface area contributed by atoms with Crippen LogP contribution in [-0.4, -0.2) is 64.6 Å². The van der Waals surface area contributed by atoms with Crippen LogP contribution in [-0.2, 0) is 16.0 Å². The summed E-state index contributed by atoms with van der Waals surface area (Å²) in [7, 11) is 4.05. The van der Waals surface area contributed by atoms with E-state index >= 15 is 0 Å². The molecule has 6 nitrogen and oxygen atoms in total. The lowest BCUT2D eigenvalue weighted by atomic mass is 9.93. The van der Waals surface area contributed by atoms with Gasteiger partial charge in [0, 0.05) is 24.0 Å². The van der Waals surface area contributed by atoms with Crippen LogP contribution in [0.4, 0.5) is 0 Å². The van der Waals surface area contributed by atoms with Crippen molar-refractivity contribution in [2.45, 2.75) is 6.42 Å². The predicted octanol–water partition coefficient (Wildman–Crippen LogP) is 3.81. The van der Waals surface area contributed by atoms with Gasteiger partial charge in [-0.1, -0.05) is 60.7 Å². The molecular formula is C30H33NO5. The number of nitrogens with zero attached hydrogens (tertiary/aromatic N) is 1. The lowest BCUT2D eigenvalue weighted by molar-refractivity contribution is -0.916. The highest BCUT2D eigenvalue weighted by molar-refractivity contribution is 5.91. The zero-order chi connectivity index (χ0) is 25.4. The molecule has 0 radical (unpaired) electrons. The summed E-state index contributed by atoms with van der Waals surface area (Å²) in [6, 6.07) is 25.6. The Balaban J connectivity index is 0.000000967. The van der Waals surface area contributed by atoms with Crippen LogP contribution in [0, 0.1) is 0 Å². The third-order valence-corrected chi connectivity index (χ3v) is 7.01. The Labute approximate surface area is 212 Å². The third kappa shape index (κ3) is 5.78. The van der Waals surface area contributed by atoms with Gasteiger partial charge in [0.05, 0.1) is 27.4 Å². The molecule has 6 heteroatoms. The maximum atomic E-state index is 8.25. The van der Waals surface area contributed by atoms with E-state index in [-0.39, 0.29) is 0 Å². The van der Waals surface area contributed by atoms with Crippen LogP contribution < -0.4 is 14.6 Å². The van der Waals surface area contributed by atoms with Crippen LogP contribution in [0.3, 0.4) is 0 Å². The molecule has 1 aliphatic heterocycles.